The van der Waals surface area contributed by atoms with Gasteiger partial charge in [-0.2, -0.15) is 0 Å². The van der Waals surface area contributed by atoms with Crippen LogP contribution in [0.15, 0.2) is 63.1 Å². The third kappa shape index (κ3) is 6.76. The Kier molecular flexibility index (Phi) is 6.66. The molecule has 3 rings (SSSR count). The number of furan rings is 2. The fourth-order valence-corrected chi connectivity index (χ4v) is 1.61. The molecule has 0 aliphatic carbocycles. The number of rotatable bonds is 0. The van der Waals surface area contributed by atoms with Gasteiger partial charge in [0.2, 0.25) is 0 Å². The van der Waals surface area contributed by atoms with Crippen LogP contribution in [0.5, 0.6) is 0 Å². The molecule has 0 atom stereocenters. The second-order valence-corrected chi connectivity index (χ2v) is 4.82. The molecule has 0 amide bonds. The number of hydrogen-bond donors (Lipinski definition) is 0. The molecule has 3 heteroatoms. The Morgan fingerprint density at radius 3 is 1.44 bits per heavy atom. The van der Waals surface area contributed by atoms with E-state index in [0.29, 0.717) is 0 Å². The second kappa shape index (κ2) is 8.37. The van der Waals surface area contributed by atoms with E-state index in [1.807, 2.05) is 38.1 Å². The molecule has 0 unspecified atom stereocenters. The van der Waals surface area contributed by atoms with Crippen molar-refractivity contribution >= 4 is 11.3 Å². The fourth-order valence-electron chi connectivity index (χ4n) is 1.08. The first kappa shape index (κ1) is 14.3. The van der Waals surface area contributed by atoms with Crippen LogP contribution in [0.25, 0.3) is 0 Å². The molecule has 0 aliphatic rings. The maximum absolute atomic E-state index is 4.83. The van der Waals surface area contributed by atoms with Crippen molar-refractivity contribution in [2.45, 2.75) is 20.8 Å². The normalized spacial score (nSPS) is 8.83. The van der Waals surface area contributed by atoms with E-state index in [1.165, 1.54) is 4.88 Å². The van der Waals surface area contributed by atoms with Gasteiger partial charge in [-0.1, -0.05) is 6.07 Å². The van der Waals surface area contributed by atoms with Crippen LogP contribution in [0.4, 0.5) is 0 Å². The zero-order valence-corrected chi connectivity index (χ0v) is 11.7. The molecule has 3 aromatic rings. The van der Waals surface area contributed by atoms with Crippen LogP contribution in [-0.4, -0.2) is 0 Å². The number of thiophene rings is 1. The van der Waals surface area contributed by atoms with Gasteiger partial charge in [0.25, 0.3) is 0 Å². The summed E-state index contributed by atoms with van der Waals surface area (Å²) in [6.45, 7) is 5.94. The summed E-state index contributed by atoms with van der Waals surface area (Å²) in [6, 6.07) is 11.7. The van der Waals surface area contributed by atoms with E-state index in [4.69, 9.17) is 8.83 Å². The van der Waals surface area contributed by atoms with E-state index < -0.39 is 0 Å². The number of hydrogen-bond acceptors (Lipinski definition) is 3. The zero-order chi connectivity index (χ0) is 13.2. The lowest BCUT2D eigenvalue weighted by molar-refractivity contribution is 0.534. The quantitative estimate of drug-likeness (QED) is 0.554. The van der Waals surface area contributed by atoms with Crippen molar-refractivity contribution in [3.05, 3.63) is 70.7 Å². The first-order chi connectivity index (χ1) is 8.68. The van der Waals surface area contributed by atoms with Crippen molar-refractivity contribution in [2.24, 2.45) is 0 Å². The van der Waals surface area contributed by atoms with Crippen LogP contribution >= 0.6 is 11.3 Å². The van der Waals surface area contributed by atoms with Gasteiger partial charge >= 0.3 is 0 Å². The molecular formula is C15H18O2S. The molecule has 0 aromatic carbocycles. The summed E-state index contributed by atoms with van der Waals surface area (Å²) in [7, 11) is 0. The SMILES string of the molecule is Cc1ccco1.Cc1ccco1.Cc1cccs1. The van der Waals surface area contributed by atoms with Crippen LogP contribution in [-0.2, 0) is 0 Å². The molecule has 0 saturated carbocycles. The lowest BCUT2D eigenvalue weighted by Crippen LogP contribution is -1.48. The van der Waals surface area contributed by atoms with Crippen LogP contribution in [0.1, 0.15) is 16.4 Å². The molecule has 0 aliphatic heterocycles. The van der Waals surface area contributed by atoms with Crippen molar-refractivity contribution in [3.8, 4) is 0 Å². The van der Waals surface area contributed by atoms with Crippen LogP contribution in [0, 0.1) is 20.8 Å². The Balaban J connectivity index is 0.000000135. The molecule has 0 spiro atoms. The Morgan fingerprint density at radius 2 is 1.33 bits per heavy atom. The predicted octanol–water partition coefficient (Wildman–Crippen LogP) is 5.23. The summed E-state index contributed by atoms with van der Waals surface area (Å²) < 4.78 is 9.67. The monoisotopic (exact) mass is 262 g/mol. The largest absolute Gasteiger partial charge is 0.470 e. The maximum atomic E-state index is 4.83. The van der Waals surface area contributed by atoms with Gasteiger partial charge in [0.15, 0.2) is 0 Å². The summed E-state index contributed by atoms with van der Waals surface area (Å²) in [6.07, 6.45) is 3.32. The molecule has 3 heterocycles. The summed E-state index contributed by atoms with van der Waals surface area (Å²) in [5.41, 5.74) is 0. The Morgan fingerprint density at radius 1 is 0.778 bits per heavy atom. The number of aryl methyl sites for hydroxylation is 3. The van der Waals surface area contributed by atoms with Gasteiger partial charge in [-0.25, -0.2) is 0 Å². The van der Waals surface area contributed by atoms with Crippen LogP contribution < -0.4 is 0 Å². The highest BCUT2D eigenvalue weighted by atomic mass is 32.1. The van der Waals surface area contributed by atoms with E-state index in [2.05, 4.69) is 24.4 Å². The minimum absolute atomic E-state index is 0.968. The van der Waals surface area contributed by atoms with Crippen LogP contribution in [0.3, 0.4) is 0 Å². The fraction of sp³-hybridized carbons (Fsp3) is 0.200. The summed E-state index contributed by atoms with van der Waals surface area (Å²) in [5.74, 6) is 1.94. The lowest BCUT2D eigenvalue weighted by atomic mass is 10.5. The Hall–Kier alpha value is -1.74. The summed E-state index contributed by atoms with van der Waals surface area (Å²) in [5, 5.41) is 2.08. The average Bonchev–Trinajstić information content (AvgIpc) is 3.05. The predicted molar refractivity (Wildman–Crippen MR) is 75.9 cm³/mol. The van der Waals surface area contributed by atoms with Crippen molar-refractivity contribution in [2.75, 3.05) is 0 Å². The third-order valence-electron chi connectivity index (χ3n) is 1.99. The summed E-state index contributed by atoms with van der Waals surface area (Å²) in [4.78, 5) is 1.38. The first-order valence-electron chi connectivity index (χ1n) is 5.69. The van der Waals surface area contributed by atoms with Crippen molar-refractivity contribution in [1.29, 1.82) is 0 Å². The molecule has 3 aromatic heterocycles. The maximum Gasteiger partial charge on any atom is 0.100 e. The lowest BCUT2D eigenvalue weighted by Gasteiger charge is -1.69. The standard InChI is InChI=1S/2C5H6O.C5H6S/c3*1-5-3-2-4-6-5/h3*2-4H,1H3. The minimum Gasteiger partial charge on any atom is -0.470 e. The molecule has 0 bridgehead atoms. The van der Waals surface area contributed by atoms with Crippen molar-refractivity contribution in [3.63, 3.8) is 0 Å². The van der Waals surface area contributed by atoms with Gasteiger partial charge in [-0.05, 0) is 56.5 Å². The smallest absolute Gasteiger partial charge is 0.100 e. The van der Waals surface area contributed by atoms with Gasteiger partial charge in [-0.15, -0.1) is 11.3 Å². The van der Waals surface area contributed by atoms with Gasteiger partial charge < -0.3 is 8.83 Å². The van der Waals surface area contributed by atoms with Gasteiger partial charge in [0, 0.05) is 4.88 Å². The molecule has 18 heavy (non-hydrogen) atoms. The molecule has 0 saturated heterocycles. The minimum atomic E-state index is 0.968. The zero-order valence-electron chi connectivity index (χ0n) is 10.9. The van der Waals surface area contributed by atoms with Gasteiger partial charge in [0.05, 0.1) is 12.5 Å². The molecule has 2 nitrogen and oxygen atoms in total. The van der Waals surface area contributed by atoms with Crippen LogP contribution in [0.2, 0.25) is 0 Å². The van der Waals surface area contributed by atoms with Gasteiger partial charge in [0.1, 0.15) is 11.5 Å². The van der Waals surface area contributed by atoms with Gasteiger partial charge in [-0.3, -0.25) is 0 Å². The third-order valence-corrected chi connectivity index (χ3v) is 2.79. The van der Waals surface area contributed by atoms with E-state index in [-0.39, 0.29) is 0 Å². The average molecular weight is 262 g/mol. The summed E-state index contributed by atoms with van der Waals surface area (Å²) >= 11 is 1.78. The van der Waals surface area contributed by atoms with E-state index in [0.717, 1.165) is 11.5 Å². The molecule has 0 fully saturated rings. The van der Waals surface area contributed by atoms with E-state index >= 15 is 0 Å². The highest BCUT2D eigenvalue weighted by Crippen LogP contribution is 2.03. The second-order valence-electron chi connectivity index (χ2n) is 3.67. The highest BCUT2D eigenvalue weighted by Gasteiger charge is 1.76. The first-order valence-corrected chi connectivity index (χ1v) is 6.57. The van der Waals surface area contributed by atoms with Crippen molar-refractivity contribution in [1.82, 2.24) is 0 Å². The molecular weight excluding hydrogens is 244 g/mol. The van der Waals surface area contributed by atoms with Crippen molar-refractivity contribution < 1.29 is 8.83 Å². The molecule has 96 valence electrons. The Bertz CT molecular complexity index is 402. The van der Waals surface area contributed by atoms with E-state index in [9.17, 15) is 0 Å². The topological polar surface area (TPSA) is 26.3 Å². The highest BCUT2D eigenvalue weighted by molar-refractivity contribution is 7.09. The Labute approximate surface area is 112 Å². The molecule has 0 radical (unpaired) electrons. The van der Waals surface area contributed by atoms with E-state index in [1.54, 1.807) is 23.9 Å². The molecule has 0 N–H and O–H groups in total.